The molecule has 3 rings (SSSR count). The summed E-state index contributed by atoms with van der Waals surface area (Å²) in [5, 5.41) is 1.82. The van der Waals surface area contributed by atoms with Crippen molar-refractivity contribution in [2.45, 2.75) is 19.9 Å². The quantitative estimate of drug-likeness (QED) is 0.696. The molecule has 5 nitrogen and oxygen atoms in total. The van der Waals surface area contributed by atoms with Crippen LogP contribution in [0.4, 0.5) is 0 Å². The number of carbonyl (C=O) groups excluding carboxylic acids is 1. The Morgan fingerprint density at radius 1 is 1.15 bits per heavy atom. The van der Waals surface area contributed by atoms with Crippen LogP contribution in [0.1, 0.15) is 35.9 Å². The van der Waals surface area contributed by atoms with Crippen LogP contribution in [0.5, 0.6) is 5.88 Å². The Morgan fingerprint density at radius 3 is 2.58 bits per heavy atom. The Morgan fingerprint density at radius 2 is 1.92 bits per heavy atom. The number of hydrogen-bond donors (Lipinski definition) is 0. The van der Waals surface area contributed by atoms with E-state index in [2.05, 4.69) is 23.8 Å². The molecule has 0 fully saturated rings. The number of carbonyl (C=O) groups is 1. The highest BCUT2D eigenvalue weighted by Gasteiger charge is 2.27. The average Bonchev–Trinajstić information content (AvgIpc) is 2.67. The van der Waals surface area contributed by atoms with Crippen molar-refractivity contribution < 1.29 is 9.53 Å². The molecule has 0 spiro atoms. The Bertz CT molecular complexity index is 910. The molecule has 134 valence electrons. The molecule has 1 atom stereocenters. The van der Waals surface area contributed by atoms with E-state index in [0.717, 1.165) is 16.3 Å². The maximum atomic E-state index is 13.2. The Kier molecular flexibility index (Phi) is 5.16. The molecule has 0 aliphatic rings. The van der Waals surface area contributed by atoms with Crippen LogP contribution >= 0.6 is 0 Å². The van der Waals surface area contributed by atoms with Crippen LogP contribution in [0, 0.1) is 5.92 Å². The fraction of sp³-hybridized carbons (Fsp3) is 0.286. The predicted octanol–water partition coefficient (Wildman–Crippen LogP) is 4.11. The van der Waals surface area contributed by atoms with Gasteiger partial charge in [0, 0.05) is 24.8 Å². The number of rotatable bonds is 5. The minimum Gasteiger partial charge on any atom is -0.481 e. The zero-order chi connectivity index (χ0) is 18.7. The van der Waals surface area contributed by atoms with Gasteiger partial charge in [-0.25, -0.2) is 4.98 Å². The molecule has 0 aliphatic carbocycles. The molecule has 3 aromatic rings. The van der Waals surface area contributed by atoms with E-state index in [1.165, 1.54) is 0 Å². The maximum absolute atomic E-state index is 13.2. The van der Waals surface area contributed by atoms with E-state index in [1.54, 1.807) is 18.2 Å². The molecule has 1 aromatic carbocycles. The number of benzene rings is 1. The fourth-order valence-electron chi connectivity index (χ4n) is 3.35. The fourth-order valence-corrected chi connectivity index (χ4v) is 3.35. The standard InChI is InChI=1S/C21H23N3O2/c1-14(2)19(16-9-7-11-22-13-16)24(3)21(25)18-12-15-8-5-6-10-17(15)20(23-18)26-4/h5-14,19H,1-4H3. The van der Waals surface area contributed by atoms with Gasteiger partial charge in [0.2, 0.25) is 5.88 Å². The van der Waals surface area contributed by atoms with Crippen LogP contribution in [-0.2, 0) is 0 Å². The van der Waals surface area contributed by atoms with E-state index >= 15 is 0 Å². The highest BCUT2D eigenvalue weighted by Crippen LogP contribution is 2.30. The van der Waals surface area contributed by atoms with Gasteiger partial charge in [0.15, 0.2) is 0 Å². The summed E-state index contributed by atoms with van der Waals surface area (Å²) in [7, 11) is 3.38. The smallest absolute Gasteiger partial charge is 0.272 e. The van der Waals surface area contributed by atoms with Gasteiger partial charge < -0.3 is 9.64 Å². The second kappa shape index (κ2) is 7.52. The van der Waals surface area contributed by atoms with Crippen LogP contribution in [0.25, 0.3) is 10.8 Å². The molecular formula is C21H23N3O2. The van der Waals surface area contributed by atoms with E-state index in [1.807, 2.05) is 55.7 Å². The zero-order valence-electron chi connectivity index (χ0n) is 15.5. The normalized spacial score (nSPS) is 12.2. The van der Waals surface area contributed by atoms with Gasteiger partial charge in [-0.3, -0.25) is 9.78 Å². The van der Waals surface area contributed by atoms with Crippen molar-refractivity contribution in [3.05, 3.63) is 66.1 Å². The minimum absolute atomic E-state index is 0.0875. The number of hydrogen-bond acceptors (Lipinski definition) is 4. The van der Waals surface area contributed by atoms with Gasteiger partial charge in [0.25, 0.3) is 5.91 Å². The maximum Gasteiger partial charge on any atom is 0.272 e. The summed E-state index contributed by atoms with van der Waals surface area (Å²) in [4.78, 5) is 23.5. The lowest BCUT2D eigenvalue weighted by molar-refractivity contribution is 0.0680. The second-order valence-corrected chi connectivity index (χ2v) is 6.63. The van der Waals surface area contributed by atoms with Crippen molar-refractivity contribution in [3.8, 4) is 5.88 Å². The first-order chi connectivity index (χ1) is 12.5. The molecular weight excluding hydrogens is 326 g/mol. The van der Waals surface area contributed by atoms with Crippen LogP contribution in [-0.4, -0.2) is 34.9 Å². The van der Waals surface area contributed by atoms with E-state index < -0.39 is 0 Å². The number of amides is 1. The van der Waals surface area contributed by atoms with Gasteiger partial charge in [0.05, 0.1) is 13.2 Å². The van der Waals surface area contributed by atoms with Crippen molar-refractivity contribution in [1.82, 2.24) is 14.9 Å². The van der Waals surface area contributed by atoms with Crippen molar-refractivity contribution >= 4 is 16.7 Å². The molecule has 0 N–H and O–H groups in total. The van der Waals surface area contributed by atoms with E-state index in [4.69, 9.17) is 4.74 Å². The molecule has 1 unspecified atom stereocenters. The SMILES string of the molecule is COc1nc(C(=O)N(C)C(c2cccnc2)C(C)C)cc2ccccc12. The molecule has 0 aliphatic heterocycles. The van der Waals surface area contributed by atoms with Crippen LogP contribution in [0.15, 0.2) is 54.9 Å². The lowest BCUT2D eigenvalue weighted by Crippen LogP contribution is -2.34. The van der Waals surface area contributed by atoms with Gasteiger partial charge in [0.1, 0.15) is 5.69 Å². The lowest BCUT2D eigenvalue weighted by Gasteiger charge is -2.31. The van der Waals surface area contributed by atoms with Crippen LogP contribution in [0.3, 0.4) is 0 Å². The zero-order valence-corrected chi connectivity index (χ0v) is 15.5. The lowest BCUT2D eigenvalue weighted by atomic mass is 9.95. The number of pyridine rings is 2. The summed E-state index contributed by atoms with van der Waals surface area (Å²) in [5.74, 6) is 0.550. The average molecular weight is 349 g/mol. The van der Waals surface area contributed by atoms with E-state index in [0.29, 0.717) is 11.6 Å². The first-order valence-corrected chi connectivity index (χ1v) is 8.63. The molecule has 1 amide bonds. The van der Waals surface area contributed by atoms with Gasteiger partial charge >= 0.3 is 0 Å². The molecule has 0 radical (unpaired) electrons. The summed E-state index contributed by atoms with van der Waals surface area (Å²) in [5.41, 5.74) is 1.38. The van der Waals surface area contributed by atoms with Crippen LogP contribution < -0.4 is 4.74 Å². The summed E-state index contributed by atoms with van der Waals surface area (Å²) >= 11 is 0. The Labute approximate surface area is 153 Å². The molecule has 2 heterocycles. The largest absolute Gasteiger partial charge is 0.481 e. The first kappa shape index (κ1) is 17.9. The summed E-state index contributed by atoms with van der Waals surface area (Å²) < 4.78 is 5.40. The molecule has 5 heteroatoms. The highest BCUT2D eigenvalue weighted by molar-refractivity contribution is 5.98. The van der Waals surface area contributed by atoms with Crippen LogP contribution in [0.2, 0.25) is 0 Å². The van der Waals surface area contributed by atoms with Crippen molar-refractivity contribution in [2.75, 3.05) is 14.2 Å². The minimum atomic E-state index is -0.142. The third-order valence-corrected chi connectivity index (χ3v) is 4.51. The van der Waals surface area contributed by atoms with Crippen molar-refractivity contribution in [3.63, 3.8) is 0 Å². The third-order valence-electron chi connectivity index (χ3n) is 4.51. The first-order valence-electron chi connectivity index (χ1n) is 8.63. The topological polar surface area (TPSA) is 55.3 Å². The number of ether oxygens (including phenoxy) is 1. The summed E-state index contributed by atoms with van der Waals surface area (Å²) in [6.45, 7) is 4.19. The Balaban J connectivity index is 2.01. The molecule has 0 bridgehead atoms. The van der Waals surface area contributed by atoms with Gasteiger partial charge in [-0.05, 0) is 35.1 Å². The second-order valence-electron chi connectivity index (χ2n) is 6.63. The van der Waals surface area contributed by atoms with Gasteiger partial charge in [-0.1, -0.05) is 38.1 Å². The highest BCUT2D eigenvalue weighted by atomic mass is 16.5. The number of methoxy groups -OCH3 is 1. The number of fused-ring (bicyclic) bond motifs is 1. The van der Waals surface area contributed by atoms with Gasteiger partial charge in [-0.2, -0.15) is 0 Å². The number of nitrogens with zero attached hydrogens (tertiary/aromatic N) is 3. The third kappa shape index (κ3) is 3.38. The summed E-state index contributed by atoms with van der Waals surface area (Å²) in [6, 6.07) is 13.4. The van der Waals surface area contributed by atoms with Crippen molar-refractivity contribution in [1.29, 1.82) is 0 Å². The molecule has 2 aromatic heterocycles. The molecule has 0 saturated heterocycles. The van der Waals surface area contributed by atoms with Crippen molar-refractivity contribution in [2.24, 2.45) is 5.92 Å². The summed E-state index contributed by atoms with van der Waals surface area (Å²) in [6.07, 6.45) is 3.54. The molecule has 0 saturated carbocycles. The van der Waals surface area contributed by atoms with E-state index in [-0.39, 0.29) is 17.9 Å². The number of aromatic nitrogens is 2. The Hall–Kier alpha value is -2.95. The van der Waals surface area contributed by atoms with E-state index in [9.17, 15) is 4.79 Å². The van der Waals surface area contributed by atoms with Gasteiger partial charge in [-0.15, -0.1) is 0 Å². The predicted molar refractivity (Wildman–Crippen MR) is 102 cm³/mol. The monoisotopic (exact) mass is 349 g/mol. The molecule has 26 heavy (non-hydrogen) atoms.